The summed E-state index contributed by atoms with van der Waals surface area (Å²) in [6.45, 7) is 3.62. The molecule has 144 valence electrons. The normalized spacial score (nSPS) is 14.1. The number of aromatic nitrogens is 5. The number of ether oxygens (including phenoxy) is 1. The monoisotopic (exact) mass is 378 g/mol. The average molecular weight is 378 g/mol. The molecule has 3 aromatic heterocycles. The van der Waals surface area contributed by atoms with Crippen molar-refractivity contribution in [2.45, 2.75) is 6.42 Å². The first-order valence-corrected chi connectivity index (χ1v) is 9.20. The third-order valence-electron chi connectivity index (χ3n) is 4.44. The van der Waals surface area contributed by atoms with Gasteiger partial charge in [-0.1, -0.05) is 0 Å². The summed E-state index contributed by atoms with van der Waals surface area (Å²) in [6, 6.07) is 5.93. The van der Waals surface area contributed by atoms with Crippen LogP contribution in [0.3, 0.4) is 0 Å². The van der Waals surface area contributed by atoms with Gasteiger partial charge in [0.2, 0.25) is 11.9 Å². The van der Waals surface area contributed by atoms with E-state index < -0.39 is 0 Å². The summed E-state index contributed by atoms with van der Waals surface area (Å²) >= 11 is 0. The molecular formula is C19H22N8O. The van der Waals surface area contributed by atoms with Gasteiger partial charge in [-0.25, -0.2) is 15.0 Å². The molecule has 4 heterocycles. The second kappa shape index (κ2) is 8.57. The quantitative estimate of drug-likeness (QED) is 0.656. The predicted octanol–water partition coefficient (Wildman–Crippen LogP) is 1.40. The lowest BCUT2D eigenvalue weighted by molar-refractivity contribution is 0.122. The zero-order valence-electron chi connectivity index (χ0n) is 15.5. The number of pyridine rings is 1. The molecule has 0 spiro atoms. The average Bonchev–Trinajstić information content (AvgIpc) is 2.75. The smallest absolute Gasteiger partial charge is 0.228 e. The Morgan fingerprint density at radius 1 is 1.07 bits per heavy atom. The SMILES string of the molecule is Nc1ncc(-c2cc(NCCc3ccncc3)nc(N3CCOCC3)n2)cn1. The molecule has 1 aliphatic rings. The minimum atomic E-state index is 0.238. The van der Waals surface area contributed by atoms with Gasteiger partial charge in [0, 0.05) is 56.1 Å². The van der Waals surface area contributed by atoms with Crippen molar-refractivity contribution in [2.75, 3.05) is 48.8 Å². The van der Waals surface area contributed by atoms with Gasteiger partial charge in [0.1, 0.15) is 5.82 Å². The topological polar surface area (TPSA) is 115 Å². The first-order valence-electron chi connectivity index (χ1n) is 9.20. The van der Waals surface area contributed by atoms with Gasteiger partial charge in [-0.2, -0.15) is 4.98 Å². The van der Waals surface area contributed by atoms with Crippen molar-refractivity contribution in [3.05, 3.63) is 48.5 Å². The Morgan fingerprint density at radius 2 is 1.82 bits per heavy atom. The Labute approximate surface area is 163 Å². The fourth-order valence-corrected chi connectivity index (χ4v) is 2.93. The number of hydrogen-bond acceptors (Lipinski definition) is 9. The summed E-state index contributed by atoms with van der Waals surface area (Å²) < 4.78 is 5.44. The molecule has 1 aliphatic heterocycles. The summed E-state index contributed by atoms with van der Waals surface area (Å²) in [6.07, 6.45) is 7.83. The molecule has 28 heavy (non-hydrogen) atoms. The minimum absolute atomic E-state index is 0.238. The van der Waals surface area contributed by atoms with Gasteiger partial charge < -0.3 is 20.7 Å². The van der Waals surface area contributed by atoms with Gasteiger partial charge in [-0.3, -0.25) is 4.98 Å². The third kappa shape index (κ3) is 4.49. The van der Waals surface area contributed by atoms with E-state index in [2.05, 4.69) is 25.2 Å². The van der Waals surface area contributed by atoms with E-state index >= 15 is 0 Å². The number of nitrogens with two attached hydrogens (primary N) is 1. The van der Waals surface area contributed by atoms with Crippen molar-refractivity contribution in [3.8, 4) is 11.3 Å². The van der Waals surface area contributed by atoms with Crippen LogP contribution in [0.5, 0.6) is 0 Å². The van der Waals surface area contributed by atoms with E-state index in [-0.39, 0.29) is 5.95 Å². The van der Waals surface area contributed by atoms with Gasteiger partial charge in [-0.05, 0) is 24.1 Å². The largest absolute Gasteiger partial charge is 0.378 e. The van der Waals surface area contributed by atoms with Crippen LogP contribution in [0.25, 0.3) is 11.3 Å². The summed E-state index contributed by atoms with van der Waals surface area (Å²) in [5, 5.41) is 3.40. The first-order chi connectivity index (χ1) is 13.8. The Kier molecular flexibility index (Phi) is 5.53. The Balaban J connectivity index is 1.56. The number of nitrogens with one attached hydrogen (secondary N) is 1. The fraction of sp³-hybridized carbons (Fsp3) is 0.316. The van der Waals surface area contributed by atoms with Crippen LogP contribution in [0.15, 0.2) is 43.0 Å². The van der Waals surface area contributed by atoms with Crippen LogP contribution in [0.4, 0.5) is 17.7 Å². The van der Waals surface area contributed by atoms with Crippen molar-refractivity contribution < 1.29 is 4.74 Å². The molecule has 0 radical (unpaired) electrons. The first kappa shape index (κ1) is 18.1. The standard InChI is InChI=1S/C19H22N8O/c20-18-23-12-15(13-24-18)16-11-17(22-6-3-14-1-4-21-5-2-14)26-19(25-16)27-7-9-28-10-8-27/h1-2,4-5,11-13H,3,6-10H2,(H2,20,23,24)(H,22,25,26). The molecule has 0 atom stereocenters. The summed E-state index contributed by atoms with van der Waals surface area (Å²) in [4.78, 5) is 23.7. The van der Waals surface area contributed by atoms with Gasteiger partial charge in [0.05, 0.1) is 18.9 Å². The molecule has 9 heteroatoms. The number of morpholine rings is 1. The number of nitrogens with zero attached hydrogens (tertiary/aromatic N) is 6. The number of hydrogen-bond donors (Lipinski definition) is 2. The molecule has 3 N–H and O–H groups in total. The van der Waals surface area contributed by atoms with Crippen LogP contribution in [-0.2, 0) is 11.2 Å². The van der Waals surface area contributed by atoms with Gasteiger partial charge >= 0.3 is 0 Å². The maximum absolute atomic E-state index is 5.61. The molecule has 0 aliphatic carbocycles. The van der Waals surface area contributed by atoms with Crippen LogP contribution in [-0.4, -0.2) is 57.8 Å². The summed E-state index contributed by atoms with van der Waals surface area (Å²) in [5.74, 6) is 1.67. The lowest BCUT2D eigenvalue weighted by Gasteiger charge is -2.27. The number of anilines is 3. The highest BCUT2D eigenvalue weighted by molar-refractivity contribution is 5.63. The van der Waals surface area contributed by atoms with Gasteiger partial charge in [-0.15, -0.1) is 0 Å². The van der Waals surface area contributed by atoms with Crippen LogP contribution >= 0.6 is 0 Å². The number of nitrogen functional groups attached to an aromatic ring is 1. The van der Waals surface area contributed by atoms with Crippen molar-refractivity contribution >= 4 is 17.7 Å². The molecule has 0 bridgehead atoms. The summed E-state index contributed by atoms with van der Waals surface area (Å²) in [5.41, 5.74) is 8.38. The Hall–Kier alpha value is -3.33. The minimum Gasteiger partial charge on any atom is -0.378 e. The maximum atomic E-state index is 5.61. The molecule has 0 amide bonds. The second-order valence-electron chi connectivity index (χ2n) is 6.40. The zero-order chi connectivity index (χ0) is 19.2. The highest BCUT2D eigenvalue weighted by atomic mass is 16.5. The lowest BCUT2D eigenvalue weighted by Crippen LogP contribution is -2.37. The lowest BCUT2D eigenvalue weighted by atomic mass is 10.2. The molecular weight excluding hydrogens is 356 g/mol. The fourth-order valence-electron chi connectivity index (χ4n) is 2.93. The van der Waals surface area contributed by atoms with Crippen molar-refractivity contribution in [3.63, 3.8) is 0 Å². The van der Waals surface area contributed by atoms with E-state index in [0.717, 1.165) is 43.1 Å². The van der Waals surface area contributed by atoms with Gasteiger partial charge in [0.25, 0.3) is 0 Å². The van der Waals surface area contributed by atoms with Crippen LogP contribution in [0.1, 0.15) is 5.56 Å². The van der Waals surface area contributed by atoms with Crippen molar-refractivity contribution in [1.29, 1.82) is 0 Å². The Bertz CT molecular complexity index is 898. The van der Waals surface area contributed by atoms with Crippen LogP contribution in [0, 0.1) is 0 Å². The predicted molar refractivity (Wildman–Crippen MR) is 107 cm³/mol. The second-order valence-corrected chi connectivity index (χ2v) is 6.40. The molecule has 1 fully saturated rings. The van der Waals surface area contributed by atoms with E-state index in [1.807, 2.05) is 18.2 Å². The molecule has 3 aromatic rings. The Morgan fingerprint density at radius 3 is 2.57 bits per heavy atom. The van der Waals surface area contributed by atoms with Gasteiger partial charge in [0.15, 0.2) is 0 Å². The molecule has 1 saturated heterocycles. The summed E-state index contributed by atoms with van der Waals surface area (Å²) in [7, 11) is 0. The van der Waals surface area contributed by atoms with Crippen molar-refractivity contribution in [2.24, 2.45) is 0 Å². The highest BCUT2D eigenvalue weighted by Crippen LogP contribution is 2.23. The van der Waals surface area contributed by atoms with E-state index in [0.29, 0.717) is 19.2 Å². The van der Waals surface area contributed by atoms with Crippen LogP contribution < -0.4 is 16.0 Å². The van der Waals surface area contributed by atoms with E-state index in [9.17, 15) is 0 Å². The molecule has 0 aromatic carbocycles. The van der Waals surface area contributed by atoms with E-state index in [1.165, 1.54) is 5.56 Å². The molecule has 0 unspecified atom stereocenters. The van der Waals surface area contributed by atoms with E-state index in [1.54, 1.807) is 24.8 Å². The van der Waals surface area contributed by atoms with Crippen LogP contribution in [0.2, 0.25) is 0 Å². The van der Waals surface area contributed by atoms with E-state index in [4.69, 9.17) is 20.4 Å². The third-order valence-corrected chi connectivity index (χ3v) is 4.44. The molecule has 4 rings (SSSR count). The number of rotatable bonds is 6. The zero-order valence-corrected chi connectivity index (χ0v) is 15.5. The maximum Gasteiger partial charge on any atom is 0.228 e. The molecule has 0 saturated carbocycles. The molecule has 9 nitrogen and oxygen atoms in total. The van der Waals surface area contributed by atoms with Crippen molar-refractivity contribution in [1.82, 2.24) is 24.9 Å². The highest BCUT2D eigenvalue weighted by Gasteiger charge is 2.16.